The Bertz CT molecular complexity index is 1170. The molecule has 1 aromatic heterocycles. The summed E-state index contributed by atoms with van der Waals surface area (Å²) in [7, 11) is 0. The first-order chi connectivity index (χ1) is 14.4. The maximum atomic E-state index is 13.0. The van der Waals surface area contributed by atoms with Crippen LogP contribution in [0.1, 0.15) is 18.7 Å². The molecule has 1 amide bonds. The topological polar surface area (TPSA) is 73.0 Å². The predicted octanol–water partition coefficient (Wildman–Crippen LogP) is 4.00. The van der Waals surface area contributed by atoms with Crippen molar-refractivity contribution < 1.29 is 14.6 Å². The molecule has 0 bridgehead atoms. The molecule has 1 atom stereocenters. The monoisotopic (exact) mass is 458 g/mol. The second-order valence-corrected chi connectivity index (χ2v) is 8.37. The summed E-state index contributed by atoms with van der Waals surface area (Å²) in [5.41, 5.74) is 2.06. The van der Waals surface area contributed by atoms with Gasteiger partial charge in [0.1, 0.15) is 0 Å². The molecule has 9 heteroatoms. The van der Waals surface area contributed by atoms with Crippen LogP contribution in [0.3, 0.4) is 0 Å². The minimum absolute atomic E-state index is 0.219. The Labute approximate surface area is 187 Å². The molecule has 1 unspecified atom stereocenters. The van der Waals surface area contributed by atoms with Crippen LogP contribution in [0.15, 0.2) is 60.3 Å². The second kappa shape index (κ2) is 8.26. The van der Waals surface area contributed by atoms with Gasteiger partial charge in [-0.05, 0) is 30.3 Å². The summed E-state index contributed by atoms with van der Waals surface area (Å²) in [6.07, 6.45) is 0.934. The molecule has 1 aliphatic heterocycles. The van der Waals surface area contributed by atoms with Gasteiger partial charge in [-0.3, -0.25) is 4.79 Å². The van der Waals surface area contributed by atoms with Gasteiger partial charge in [0.25, 0.3) is 17.0 Å². The van der Waals surface area contributed by atoms with Crippen molar-refractivity contribution in [1.29, 1.82) is 0 Å². The average Bonchev–Trinajstić information content (AvgIpc) is 2.71. The van der Waals surface area contributed by atoms with Crippen LogP contribution in [0.25, 0.3) is 11.3 Å². The van der Waals surface area contributed by atoms with Crippen molar-refractivity contribution in [2.75, 3.05) is 10.7 Å². The number of fused-ring (bicyclic) bond motifs is 3. The van der Waals surface area contributed by atoms with E-state index in [9.17, 15) is 9.90 Å². The molecule has 0 spiro atoms. The first-order valence-corrected chi connectivity index (χ1v) is 10.7. The van der Waals surface area contributed by atoms with Gasteiger partial charge in [0.05, 0.1) is 27.7 Å². The van der Waals surface area contributed by atoms with Gasteiger partial charge in [-0.1, -0.05) is 57.9 Å². The molecule has 6 nitrogen and oxygen atoms in total. The third kappa shape index (κ3) is 3.53. The van der Waals surface area contributed by atoms with E-state index in [1.54, 1.807) is 47.4 Å². The first kappa shape index (κ1) is 20.7. The Morgan fingerprint density at radius 1 is 1.33 bits per heavy atom. The van der Waals surface area contributed by atoms with Gasteiger partial charge in [-0.15, -0.1) is 6.58 Å². The van der Waals surface area contributed by atoms with Gasteiger partial charge in [0.15, 0.2) is 0 Å². The van der Waals surface area contributed by atoms with Crippen molar-refractivity contribution in [2.24, 2.45) is 0 Å². The molecule has 0 N–H and O–H groups in total. The Morgan fingerprint density at radius 2 is 2.10 bits per heavy atom. The number of aromatic nitrogens is 3. The smallest absolute Gasteiger partial charge is 0.294 e. The van der Waals surface area contributed by atoms with E-state index in [0.717, 1.165) is 0 Å². The molecule has 2 heterocycles. The Morgan fingerprint density at radius 3 is 2.80 bits per heavy atom. The molecule has 2 aromatic carbocycles. The number of hydrogen-bond acceptors (Lipinski definition) is 5. The quantitative estimate of drug-likeness (QED) is 0.335. The highest BCUT2D eigenvalue weighted by Crippen LogP contribution is 2.42. The third-order valence-corrected chi connectivity index (χ3v) is 6.02. The highest BCUT2D eigenvalue weighted by atomic mass is 35.5. The van der Waals surface area contributed by atoms with Crippen molar-refractivity contribution in [3.63, 3.8) is 0 Å². The summed E-state index contributed by atoms with van der Waals surface area (Å²) in [5.74, 6) is -0.108. The van der Waals surface area contributed by atoms with E-state index >= 15 is 0 Å². The number of anilines is 1. The fourth-order valence-electron chi connectivity index (χ4n) is 3.46. The highest BCUT2D eigenvalue weighted by Gasteiger charge is 2.44. The van der Waals surface area contributed by atoms with Crippen molar-refractivity contribution in [3.05, 3.63) is 70.7 Å². The molecular weight excluding hydrogens is 443 g/mol. The summed E-state index contributed by atoms with van der Waals surface area (Å²) in [5, 5.41) is 18.8. The lowest BCUT2D eigenvalue weighted by Gasteiger charge is -2.33. The predicted molar refractivity (Wildman–Crippen MR) is 116 cm³/mol. The maximum Gasteiger partial charge on any atom is 0.294 e. The van der Waals surface area contributed by atoms with Gasteiger partial charge < -0.3 is 5.11 Å². The second-order valence-electron chi connectivity index (χ2n) is 6.54. The van der Waals surface area contributed by atoms with E-state index in [0.29, 0.717) is 43.5 Å². The van der Waals surface area contributed by atoms with Gasteiger partial charge in [0.2, 0.25) is 5.91 Å². The summed E-state index contributed by atoms with van der Waals surface area (Å²) in [4.78, 5) is 18.5. The molecule has 152 valence electrons. The van der Waals surface area contributed by atoms with Crippen LogP contribution in [-0.4, -0.2) is 21.7 Å². The number of para-hydroxylation sites is 1. The maximum absolute atomic E-state index is 13.0. The normalized spacial score (nSPS) is 14.8. The summed E-state index contributed by atoms with van der Waals surface area (Å²) in [6.45, 7) is 5.15. The Hall–Kier alpha value is -2.61. The summed E-state index contributed by atoms with van der Waals surface area (Å²) >= 11 is 13.9. The molecule has 0 radical (unpaired) electrons. The summed E-state index contributed by atoms with van der Waals surface area (Å²) in [6, 6.07) is 12.2. The van der Waals surface area contributed by atoms with E-state index in [-0.39, 0.29) is 5.91 Å². The number of halogens is 2. The average molecular weight is 459 g/mol. The van der Waals surface area contributed by atoms with Crippen LogP contribution < -0.4 is 14.7 Å². The van der Waals surface area contributed by atoms with E-state index in [2.05, 4.69) is 16.7 Å². The van der Waals surface area contributed by atoms with Crippen LogP contribution in [0.4, 0.5) is 5.69 Å². The van der Waals surface area contributed by atoms with Gasteiger partial charge in [-0.25, -0.2) is 9.88 Å². The number of hydrogen-bond donors (Lipinski definition) is 0. The fourth-order valence-corrected chi connectivity index (χ4v) is 4.53. The highest BCUT2D eigenvalue weighted by molar-refractivity contribution is 7.99. The lowest BCUT2D eigenvalue weighted by atomic mass is 10.0. The minimum atomic E-state index is -0.768. The van der Waals surface area contributed by atoms with Crippen molar-refractivity contribution >= 4 is 46.6 Å². The van der Waals surface area contributed by atoms with Gasteiger partial charge >= 0.3 is 0 Å². The van der Waals surface area contributed by atoms with Crippen LogP contribution in [0, 0.1) is 0 Å². The lowest BCUT2D eigenvalue weighted by Crippen LogP contribution is -2.58. The first-order valence-electron chi connectivity index (χ1n) is 9.01. The number of carbonyl (C=O) groups is 1. The van der Waals surface area contributed by atoms with E-state index in [1.165, 1.54) is 23.4 Å². The molecule has 30 heavy (non-hydrogen) atoms. The number of benzene rings is 2. The molecule has 0 fully saturated rings. The van der Waals surface area contributed by atoms with Crippen molar-refractivity contribution in [3.8, 4) is 17.1 Å². The van der Waals surface area contributed by atoms with Crippen molar-refractivity contribution in [1.82, 2.24) is 10.1 Å². The zero-order valence-electron chi connectivity index (χ0n) is 15.9. The SMILES string of the molecule is C=CCSc1nc([O-])c2[n+](n1)C(c1ccc(Cl)cc1Cl)N(C(C)=O)c1ccccc1-2. The molecule has 4 rings (SSSR count). The van der Waals surface area contributed by atoms with E-state index in [1.807, 2.05) is 6.07 Å². The molecule has 0 saturated carbocycles. The molecule has 3 aromatic rings. The number of thioether (sulfide) groups is 1. The number of rotatable bonds is 4. The van der Waals surface area contributed by atoms with Gasteiger partial charge in [-0.2, -0.15) is 0 Å². The lowest BCUT2D eigenvalue weighted by molar-refractivity contribution is -0.764. The molecule has 0 aliphatic carbocycles. The number of amides is 1. The largest absolute Gasteiger partial charge is 0.854 e. The van der Waals surface area contributed by atoms with Crippen molar-refractivity contribution in [2.45, 2.75) is 18.2 Å². The molecule has 0 saturated heterocycles. The Balaban J connectivity index is 2.04. The number of carbonyl (C=O) groups excluding carboxylic acids is 1. The van der Waals surface area contributed by atoms with Gasteiger partial charge in [0, 0.05) is 22.8 Å². The fraction of sp³-hybridized carbons (Fsp3) is 0.143. The number of nitrogens with zero attached hydrogens (tertiary/aromatic N) is 4. The van der Waals surface area contributed by atoms with Crippen LogP contribution in [-0.2, 0) is 4.79 Å². The third-order valence-electron chi connectivity index (χ3n) is 4.63. The summed E-state index contributed by atoms with van der Waals surface area (Å²) < 4.78 is 1.53. The molecular formula is C21H16Cl2N4O2S. The van der Waals surface area contributed by atoms with E-state index < -0.39 is 12.0 Å². The van der Waals surface area contributed by atoms with Crippen LogP contribution in [0.2, 0.25) is 10.0 Å². The standard InChI is InChI=1S/C21H16Cl2N4O2S/c1-3-10-30-21-24-19(29)18-15-6-4-5-7-17(15)26(12(2)28)20(27(18)25-21)14-9-8-13(22)11-16(14)23/h3-9,11,20H,1,10H2,2H3. The van der Waals surface area contributed by atoms with E-state index in [4.69, 9.17) is 23.2 Å². The zero-order chi connectivity index (χ0) is 21.4. The van der Waals surface area contributed by atoms with Crippen LogP contribution in [0.5, 0.6) is 5.88 Å². The Kier molecular flexibility index (Phi) is 5.69. The van der Waals surface area contributed by atoms with Crippen LogP contribution >= 0.6 is 35.0 Å². The molecule has 1 aliphatic rings. The zero-order valence-corrected chi connectivity index (χ0v) is 18.2. The minimum Gasteiger partial charge on any atom is -0.854 e.